The van der Waals surface area contributed by atoms with Crippen molar-refractivity contribution in [3.05, 3.63) is 77.3 Å². The Morgan fingerprint density at radius 2 is 1.84 bits per heavy atom. The van der Waals surface area contributed by atoms with Crippen molar-refractivity contribution in [2.45, 2.75) is 6.92 Å². The van der Waals surface area contributed by atoms with Crippen molar-refractivity contribution in [3.63, 3.8) is 0 Å². The number of nitrogens with zero attached hydrogens (tertiary/aromatic N) is 2. The fourth-order valence-corrected chi connectivity index (χ4v) is 3.18. The highest BCUT2D eigenvalue weighted by Gasteiger charge is 2.37. The van der Waals surface area contributed by atoms with E-state index in [2.05, 4.69) is 10.3 Å². The molecule has 4 rings (SSSR count). The predicted octanol–water partition coefficient (Wildman–Crippen LogP) is 3.01. The summed E-state index contributed by atoms with van der Waals surface area (Å²) >= 11 is 0. The largest absolute Gasteiger partial charge is 0.478 e. The van der Waals surface area contributed by atoms with Crippen LogP contribution in [0.3, 0.4) is 0 Å². The number of pyridine rings is 1. The number of carbonyl (C=O) groups excluding carboxylic acids is 3. The van der Waals surface area contributed by atoms with Crippen molar-refractivity contribution in [3.8, 4) is 11.3 Å². The molecule has 0 aliphatic carbocycles. The van der Waals surface area contributed by atoms with Gasteiger partial charge < -0.3 is 9.52 Å². The van der Waals surface area contributed by atoms with E-state index in [0.717, 1.165) is 4.90 Å². The third-order valence-electron chi connectivity index (χ3n) is 4.67. The monoisotopic (exact) mass is 417 g/mol. The average molecular weight is 417 g/mol. The molecule has 0 saturated carbocycles. The van der Waals surface area contributed by atoms with Crippen LogP contribution in [0.25, 0.3) is 17.4 Å². The number of furan rings is 1. The second-order valence-corrected chi connectivity index (χ2v) is 6.70. The molecule has 3 heterocycles. The molecule has 0 atom stereocenters. The van der Waals surface area contributed by atoms with Gasteiger partial charge in [-0.1, -0.05) is 6.07 Å². The zero-order chi connectivity index (χ0) is 22.1. The van der Waals surface area contributed by atoms with Gasteiger partial charge in [0.15, 0.2) is 0 Å². The van der Waals surface area contributed by atoms with Crippen LogP contribution in [0.2, 0.25) is 0 Å². The lowest BCUT2D eigenvalue weighted by Crippen LogP contribution is -2.54. The van der Waals surface area contributed by atoms with Gasteiger partial charge in [0.2, 0.25) is 0 Å². The minimum absolute atomic E-state index is 0.153. The Bertz CT molecular complexity index is 1260. The number of nitrogens with one attached hydrogen (secondary N) is 1. The normalized spacial score (nSPS) is 15.3. The Labute approximate surface area is 175 Å². The number of benzene rings is 1. The molecule has 1 saturated heterocycles. The van der Waals surface area contributed by atoms with E-state index in [1.807, 2.05) is 0 Å². The number of aryl methyl sites for hydroxylation is 1. The Morgan fingerprint density at radius 1 is 1.10 bits per heavy atom. The van der Waals surface area contributed by atoms with E-state index in [1.54, 1.807) is 25.1 Å². The van der Waals surface area contributed by atoms with Gasteiger partial charge in [-0.2, -0.15) is 0 Å². The molecule has 1 fully saturated rings. The summed E-state index contributed by atoms with van der Waals surface area (Å²) in [5.74, 6) is -2.00. The van der Waals surface area contributed by atoms with Crippen molar-refractivity contribution >= 4 is 35.6 Å². The first-order chi connectivity index (χ1) is 14.8. The topological polar surface area (TPSA) is 130 Å². The number of carbonyl (C=O) groups is 4. The molecule has 2 N–H and O–H groups in total. The van der Waals surface area contributed by atoms with Crippen LogP contribution in [0.5, 0.6) is 0 Å². The van der Waals surface area contributed by atoms with Crippen LogP contribution in [-0.4, -0.2) is 33.9 Å². The number of amides is 4. The number of imide groups is 2. The van der Waals surface area contributed by atoms with E-state index in [1.165, 1.54) is 42.7 Å². The average Bonchev–Trinajstić information content (AvgIpc) is 3.20. The molecule has 9 heteroatoms. The van der Waals surface area contributed by atoms with Crippen molar-refractivity contribution in [2.24, 2.45) is 0 Å². The standard InChI is InChI=1S/C22H15N3O6/c1-12-10-13(21(28)29)2-4-16(12)18-5-3-15(31-18)11-17-19(26)24-22(30)25(20(17)27)14-6-8-23-9-7-14/h2-11H,1H3,(H,28,29)(H,24,26,30)/b17-11+. The van der Waals surface area contributed by atoms with Gasteiger partial charge in [-0.3, -0.25) is 19.9 Å². The van der Waals surface area contributed by atoms with Crippen molar-refractivity contribution in [2.75, 3.05) is 4.90 Å². The van der Waals surface area contributed by atoms with E-state index in [9.17, 15) is 19.2 Å². The molecule has 0 spiro atoms. The molecule has 31 heavy (non-hydrogen) atoms. The van der Waals surface area contributed by atoms with Gasteiger partial charge in [0, 0.05) is 18.0 Å². The lowest BCUT2D eigenvalue weighted by atomic mass is 10.0. The fourth-order valence-electron chi connectivity index (χ4n) is 3.18. The number of carboxylic acid groups (broad SMARTS) is 1. The number of hydrogen-bond donors (Lipinski definition) is 2. The van der Waals surface area contributed by atoms with Crippen molar-refractivity contribution in [1.29, 1.82) is 0 Å². The van der Waals surface area contributed by atoms with Crippen molar-refractivity contribution in [1.82, 2.24) is 10.3 Å². The van der Waals surface area contributed by atoms with Crippen LogP contribution in [0.4, 0.5) is 10.5 Å². The molecule has 2 aromatic heterocycles. The van der Waals surface area contributed by atoms with Crippen LogP contribution >= 0.6 is 0 Å². The molecule has 1 aliphatic heterocycles. The van der Waals surface area contributed by atoms with E-state index in [4.69, 9.17) is 9.52 Å². The SMILES string of the molecule is Cc1cc(C(=O)O)ccc1-c1ccc(/C=C2\C(=O)NC(=O)N(c3ccncc3)C2=O)o1. The van der Waals surface area contributed by atoms with E-state index in [-0.39, 0.29) is 22.6 Å². The molecule has 9 nitrogen and oxygen atoms in total. The lowest BCUT2D eigenvalue weighted by Gasteiger charge is -2.25. The summed E-state index contributed by atoms with van der Waals surface area (Å²) in [5.41, 5.74) is 1.51. The summed E-state index contributed by atoms with van der Waals surface area (Å²) in [4.78, 5) is 53.1. The number of aromatic nitrogens is 1. The number of anilines is 1. The highest BCUT2D eigenvalue weighted by molar-refractivity contribution is 6.39. The summed E-state index contributed by atoms with van der Waals surface area (Å²) in [6.07, 6.45) is 4.10. The zero-order valence-corrected chi connectivity index (χ0v) is 16.2. The number of rotatable bonds is 4. The highest BCUT2D eigenvalue weighted by Crippen LogP contribution is 2.28. The van der Waals surface area contributed by atoms with Gasteiger partial charge in [-0.05, 0) is 55.0 Å². The minimum Gasteiger partial charge on any atom is -0.478 e. The first-order valence-corrected chi connectivity index (χ1v) is 9.11. The fraction of sp³-hybridized carbons (Fsp3) is 0.0455. The molecular formula is C22H15N3O6. The van der Waals surface area contributed by atoms with E-state index in [0.29, 0.717) is 16.9 Å². The maximum atomic E-state index is 12.8. The second kappa shape index (κ2) is 7.71. The number of barbiturate groups is 1. The lowest BCUT2D eigenvalue weighted by molar-refractivity contribution is -0.122. The quantitative estimate of drug-likeness (QED) is 0.493. The Balaban J connectivity index is 1.67. The zero-order valence-electron chi connectivity index (χ0n) is 16.2. The third-order valence-corrected chi connectivity index (χ3v) is 4.67. The summed E-state index contributed by atoms with van der Waals surface area (Å²) < 4.78 is 5.75. The number of aromatic carboxylic acids is 1. The molecule has 0 radical (unpaired) electrons. The Hall–Kier alpha value is -4.53. The first kappa shape index (κ1) is 19.8. The molecule has 154 valence electrons. The van der Waals surface area contributed by atoms with Gasteiger partial charge in [-0.25, -0.2) is 14.5 Å². The van der Waals surface area contributed by atoms with Crippen molar-refractivity contribution < 1.29 is 28.7 Å². The van der Waals surface area contributed by atoms with Crippen LogP contribution in [0.1, 0.15) is 21.7 Å². The smallest absolute Gasteiger partial charge is 0.335 e. The number of carboxylic acids is 1. The summed E-state index contributed by atoms with van der Waals surface area (Å²) in [7, 11) is 0. The second-order valence-electron chi connectivity index (χ2n) is 6.70. The molecule has 4 amide bonds. The summed E-state index contributed by atoms with van der Waals surface area (Å²) in [5, 5.41) is 11.2. The van der Waals surface area contributed by atoms with Crippen LogP contribution in [0.15, 0.2) is 64.8 Å². The number of urea groups is 1. The van der Waals surface area contributed by atoms with Crippen LogP contribution in [-0.2, 0) is 9.59 Å². The predicted molar refractivity (Wildman–Crippen MR) is 109 cm³/mol. The summed E-state index contributed by atoms with van der Waals surface area (Å²) in [6, 6.07) is 9.91. The Morgan fingerprint density at radius 3 is 2.52 bits per heavy atom. The van der Waals surface area contributed by atoms with Gasteiger partial charge in [0.05, 0.1) is 11.3 Å². The molecule has 0 unspecified atom stereocenters. The highest BCUT2D eigenvalue weighted by atomic mass is 16.4. The number of hydrogen-bond acceptors (Lipinski definition) is 6. The van der Waals surface area contributed by atoms with E-state index >= 15 is 0 Å². The van der Waals surface area contributed by atoms with Gasteiger partial charge >= 0.3 is 12.0 Å². The van der Waals surface area contributed by atoms with Crippen LogP contribution < -0.4 is 10.2 Å². The summed E-state index contributed by atoms with van der Waals surface area (Å²) in [6.45, 7) is 1.75. The maximum Gasteiger partial charge on any atom is 0.335 e. The van der Waals surface area contributed by atoms with Gasteiger partial charge in [0.25, 0.3) is 11.8 Å². The Kier molecular flexibility index (Phi) is 4.92. The van der Waals surface area contributed by atoms with Gasteiger partial charge in [-0.15, -0.1) is 0 Å². The molecule has 1 aliphatic rings. The minimum atomic E-state index is -1.03. The van der Waals surface area contributed by atoms with Crippen LogP contribution in [0, 0.1) is 6.92 Å². The van der Waals surface area contributed by atoms with E-state index < -0.39 is 23.8 Å². The molecule has 0 bridgehead atoms. The first-order valence-electron chi connectivity index (χ1n) is 9.11. The molecular weight excluding hydrogens is 402 g/mol. The maximum absolute atomic E-state index is 12.8. The molecule has 1 aromatic carbocycles. The van der Waals surface area contributed by atoms with Gasteiger partial charge in [0.1, 0.15) is 17.1 Å². The molecule has 3 aromatic rings. The third kappa shape index (κ3) is 3.71.